The molecule has 35 heavy (non-hydrogen) atoms. The number of anilines is 2. The van der Waals surface area contributed by atoms with Gasteiger partial charge in [-0.3, -0.25) is 24.0 Å². The standard InChI is InChI=1S/C26H25N5O4/c1-35-16-15-30-24(27)23(25(33)29-26(30)34)31(17-18-7-3-2-4-8-18)22(32)14-13-20-12-11-19-9-5-6-10-21(19)28-20/h2-14H,15-17,27H2,1H3,(H,29,33,34). The molecule has 0 unspecified atom stereocenters. The number of nitrogen functional groups attached to an aromatic ring is 1. The molecule has 0 radical (unpaired) electrons. The fraction of sp³-hybridized carbons (Fsp3) is 0.154. The molecule has 2 aromatic heterocycles. The zero-order valence-electron chi connectivity index (χ0n) is 19.2. The van der Waals surface area contributed by atoms with E-state index in [4.69, 9.17) is 10.5 Å². The highest BCUT2D eigenvalue weighted by atomic mass is 16.5. The van der Waals surface area contributed by atoms with E-state index < -0.39 is 17.2 Å². The van der Waals surface area contributed by atoms with Gasteiger partial charge in [0.15, 0.2) is 5.69 Å². The summed E-state index contributed by atoms with van der Waals surface area (Å²) in [5, 5.41) is 0.985. The van der Waals surface area contributed by atoms with Crippen LogP contribution in [-0.2, 0) is 22.6 Å². The number of hydrogen-bond acceptors (Lipinski definition) is 6. The lowest BCUT2D eigenvalue weighted by Gasteiger charge is -2.23. The van der Waals surface area contributed by atoms with Crippen molar-refractivity contribution in [1.82, 2.24) is 14.5 Å². The molecule has 0 bridgehead atoms. The Morgan fingerprint density at radius 2 is 1.83 bits per heavy atom. The van der Waals surface area contributed by atoms with Crippen LogP contribution >= 0.6 is 0 Å². The number of hydrogen-bond donors (Lipinski definition) is 2. The number of carbonyl (C=O) groups excluding carboxylic acids is 1. The van der Waals surface area contributed by atoms with E-state index in [9.17, 15) is 14.4 Å². The topological polar surface area (TPSA) is 123 Å². The Morgan fingerprint density at radius 3 is 2.60 bits per heavy atom. The Labute approximate surface area is 201 Å². The third kappa shape index (κ3) is 5.36. The van der Waals surface area contributed by atoms with Crippen molar-refractivity contribution < 1.29 is 9.53 Å². The molecule has 2 heterocycles. The number of nitrogens with one attached hydrogen (secondary N) is 1. The molecule has 4 aromatic rings. The average molecular weight is 472 g/mol. The number of aromatic amines is 1. The fourth-order valence-corrected chi connectivity index (χ4v) is 3.70. The number of methoxy groups -OCH3 is 1. The molecule has 0 fully saturated rings. The van der Waals surface area contributed by atoms with E-state index in [1.807, 2.05) is 60.7 Å². The lowest BCUT2D eigenvalue weighted by molar-refractivity contribution is -0.114. The van der Waals surface area contributed by atoms with E-state index in [2.05, 4.69) is 9.97 Å². The molecule has 0 aliphatic rings. The highest BCUT2D eigenvalue weighted by molar-refractivity contribution is 6.05. The van der Waals surface area contributed by atoms with Gasteiger partial charge in [0, 0.05) is 18.6 Å². The average Bonchev–Trinajstić information content (AvgIpc) is 2.87. The van der Waals surface area contributed by atoms with Crippen LogP contribution in [0.3, 0.4) is 0 Å². The fourth-order valence-electron chi connectivity index (χ4n) is 3.70. The summed E-state index contributed by atoms with van der Waals surface area (Å²) < 4.78 is 6.22. The number of fused-ring (bicyclic) bond motifs is 1. The minimum atomic E-state index is -0.748. The summed E-state index contributed by atoms with van der Waals surface area (Å²) in [5.74, 6) is -0.602. The van der Waals surface area contributed by atoms with E-state index >= 15 is 0 Å². The summed E-state index contributed by atoms with van der Waals surface area (Å²) in [4.78, 5) is 46.6. The van der Waals surface area contributed by atoms with Gasteiger partial charge in [-0.05, 0) is 23.8 Å². The summed E-state index contributed by atoms with van der Waals surface area (Å²) in [6.45, 7) is 0.399. The number of pyridine rings is 1. The maximum Gasteiger partial charge on any atom is 0.330 e. The van der Waals surface area contributed by atoms with Crippen LogP contribution in [0.4, 0.5) is 11.5 Å². The number of nitrogens with two attached hydrogens (primary N) is 1. The van der Waals surface area contributed by atoms with Gasteiger partial charge in [0.2, 0.25) is 0 Å². The summed E-state index contributed by atoms with van der Waals surface area (Å²) in [7, 11) is 1.49. The molecule has 1 amide bonds. The molecule has 4 rings (SSSR count). The Kier molecular flexibility index (Phi) is 7.18. The van der Waals surface area contributed by atoms with E-state index in [-0.39, 0.29) is 31.2 Å². The van der Waals surface area contributed by atoms with Crippen LogP contribution in [0.15, 0.2) is 82.4 Å². The van der Waals surface area contributed by atoms with Gasteiger partial charge in [-0.2, -0.15) is 0 Å². The first-order chi connectivity index (χ1) is 17.0. The molecular formula is C26H25N5O4. The summed E-state index contributed by atoms with van der Waals surface area (Å²) in [5.41, 5.74) is 6.89. The van der Waals surface area contributed by atoms with Gasteiger partial charge in [0.1, 0.15) is 5.82 Å². The Bertz CT molecular complexity index is 1490. The molecule has 3 N–H and O–H groups in total. The molecule has 0 atom stereocenters. The highest BCUT2D eigenvalue weighted by Crippen LogP contribution is 2.21. The van der Waals surface area contributed by atoms with Crippen LogP contribution in [0.5, 0.6) is 0 Å². The number of aromatic nitrogens is 3. The van der Waals surface area contributed by atoms with Gasteiger partial charge in [0.25, 0.3) is 11.5 Å². The second-order valence-corrected chi connectivity index (χ2v) is 7.81. The number of nitrogens with zero attached hydrogens (tertiary/aromatic N) is 3. The first-order valence-electron chi connectivity index (χ1n) is 11.0. The summed E-state index contributed by atoms with van der Waals surface area (Å²) >= 11 is 0. The molecule has 9 nitrogen and oxygen atoms in total. The van der Waals surface area contributed by atoms with E-state index in [1.54, 1.807) is 12.1 Å². The third-order valence-corrected chi connectivity index (χ3v) is 5.47. The Morgan fingerprint density at radius 1 is 1.09 bits per heavy atom. The van der Waals surface area contributed by atoms with Crippen molar-refractivity contribution >= 4 is 34.4 Å². The Balaban J connectivity index is 1.74. The molecule has 0 aliphatic heterocycles. The number of ether oxygens (including phenoxy) is 1. The first-order valence-corrected chi connectivity index (χ1v) is 11.0. The predicted molar refractivity (Wildman–Crippen MR) is 136 cm³/mol. The second-order valence-electron chi connectivity index (χ2n) is 7.81. The number of benzene rings is 2. The van der Waals surface area contributed by atoms with Crippen molar-refractivity contribution in [2.24, 2.45) is 0 Å². The molecule has 0 spiro atoms. The highest BCUT2D eigenvalue weighted by Gasteiger charge is 2.23. The van der Waals surface area contributed by atoms with Gasteiger partial charge in [-0.15, -0.1) is 0 Å². The first kappa shape index (κ1) is 23.7. The predicted octanol–water partition coefficient (Wildman–Crippen LogP) is 2.56. The number of para-hydroxylation sites is 1. The van der Waals surface area contributed by atoms with Crippen LogP contribution in [0.2, 0.25) is 0 Å². The van der Waals surface area contributed by atoms with E-state index in [1.165, 1.54) is 22.7 Å². The van der Waals surface area contributed by atoms with Crippen LogP contribution in [0.25, 0.3) is 17.0 Å². The van der Waals surface area contributed by atoms with Crippen LogP contribution < -0.4 is 21.9 Å². The minimum Gasteiger partial charge on any atom is -0.383 e. The SMILES string of the molecule is COCCn1c(N)c(N(Cc2ccccc2)C(=O)C=Cc2ccc3ccccc3n2)c(=O)[nH]c1=O. The lowest BCUT2D eigenvalue weighted by atomic mass is 10.2. The largest absolute Gasteiger partial charge is 0.383 e. The van der Waals surface area contributed by atoms with Crippen molar-refractivity contribution in [3.05, 3.63) is 105 Å². The zero-order valence-corrected chi connectivity index (χ0v) is 19.2. The van der Waals surface area contributed by atoms with Crippen LogP contribution in [0, 0.1) is 0 Å². The van der Waals surface area contributed by atoms with E-state index in [0.717, 1.165) is 16.5 Å². The Hall–Kier alpha value is -4.50. The molecular weight excluding hydrogens is 446 g/mol. The number of H-pyrrole nitrogens is 1. The van der Waals surface area contributed by atoms with Gasteiger partial charge in [0.05, 0.1) is 30.9 Å². The maximum absolute atomic E-state index is 13.4. The van der Waals surface area contributed by atoms with Crippen molar-refractivity contribution in [2.45, 2.75) is 13.1 Å². The van der Waals surface area contributed by atoms with Crippen molar-refractivity contribution in [3.8, 4) is 0 Å². The van der Waals surface area contributed by atoms with Gasteiger partial charge >= 0.3 is 5.69 Å². The number of amides is 1. The van der Waals surface area contributed by atoms with Gasteiger partial charge < -0.3 is 10.5 Å². The van der Waals surface area contributed by atoms with Crippen molar-refractivity contribution in [1.29, 1.82) is 0 Å². The summed E-state index contributed by atoms with van der Waals surface area (Å²) in [6.07, 6.45) is 2.92. The smallest absolute Gasteiger partial charge is 0.330 e. The quantitative estimate of drug-likeness (QED) is 0.381. The van der Waals surface area contributed by atoms with Gasteiger partial charge in [-0.25, -0.2) is 9.78 Å². The zero-order chi connectivity index (χ0) is 24.8. The van der Waals surface area contributed by atoms with E-state index in [0.29, 0.717) is 5.69 Å². The molecule has 0 saturated heterocycles. The molecule has 178 valence electrons. The molecule has 9 heteroatoms. The maximum atomic E-state index is 13.4. The minimum absolute atomic E-state index is 0.0743. The normalized spacial score (nSPS) is 11.2. The number of carbonyl (C=O) groups is 1. The lowest BCUT2D eigenvalue weighted by Crippen LogP contribution is -2.40. The summed E-state index contributed by atoms with van der Waals surface area (Å²) in [6, 6.07) is 20.6. The van der Waals surface area contributed by atoms with Crippen molar-refractivity contribution in [3.63, 3.8) is 0 Å². The van der Waals surface area contributed by atoms with Crippen LogP contribution in [-0.4, -0.2) is 34.2 Å². The molecule has 0 saturated carbocycles. The van der Waals surface area contributed by atoms with Gasteiger partial charge in [-0.1, -0.05) is 54.6 Å². The van der Waals surface area contributed by atoms with Crippen LogP contribution in [0.1, 0.15) is 11.3 Å². The molecule has 2 aromatic carbocycles. The van der Waals surface area contributed by atoms with Crippen molar-refractivity contribution in [2.75, 3.05) is 24.4 Å². The number of rotatable bonds is 8. The third-order valence-electron chi connectivity index (χ3n) is 5.47. The molecule has 0 aliphatic carbocycles. The second kappa shape index (κ2) is 10.6. The monoisotopic (exact) mass is 471 g/mol.